The van der Waals surface area contributed by atoms with Crippen LogP contribution in [0.2, 0.25) is 0 Å². The fraction of sp³-hybridized carbons (Fsp3) is 0.300. The second-order valence-corrected chi connectivity index (χ2v) is 6.81. The summed E-state index contributed by atoms with van der Waals surface area (Å²) in [5.41, 5.74) is 2.15. The van der Waals surface area contributed by atoms with Gasteiger partial charge in [-0.3, -0.25) is 0 Å². The zero-order valence-corrected chi connectivity index (χ0v) is 14.5. The molecule has 0 aromatic heterocycles. The van der Waals surface area contributed by atoms with Gasteiger partial charge in [0.25, 0.3) is 0 Å². The third kappa shape index (κ3) is 3.40. The van der Waals surface area contributed by atoms with Gasteiger partial charge in [-0.25, -0.2) is 14.0 Å². The van der Waals surface area contributed by atoms with Gasteiger partial charge >= 0.3 is 12.1 Å². The number of hydrogen-bond donors (Lipinski definition) is 2. The van der Waals surface area contributed by atoms with Crippen LogP contribution in [0, 0.1) is 0 Å². The molecule has 1 aliphatic rings. The number of alkyl carbamates (subject to hydrolysis) is 1. The van der Waals surface area contributed by atoms with E-state index in [-0.39, 0.29) is 12.5 Å². The predicted molar refractivity (Wildman–Crippen MR) is 94.8 cm³/mol. The number of hydrogen-bond acceptors (Lipinski definition) is 3. The molecule has 6 heteroatoms. The van der Waals surface area contributed by atoms with Crippen molar-refractivity contribution in [3.8, 4) is 11.1 Å². The third-order valence-electron chi connectivity index (χ3n) is 4.54. The lowest BCUT2D eigenvalue weighted by molar-refractivity contribution is -0.142. The van der Waals surface area contributed by atoms with E-state index >= 15 is 0 Å². The van der Waals surface area contributed by atoms with Crippen LogP contribution in [-0.4, -0.2) is 35.5 Å². The molecule has 0 unspecified atom stereocenters. The van der Waals surface area contributed by atoms with Crippen LogP contribution >= 0.6 is 0 Å². The minimum absolute atomic E-state index is 0.0406. The summed E-state index contributed by atoms with van der Waals surface area (Å²) in [6.07, 6.45) is -0.954. The topological polar surface area (TPSA) is 75.6 Å². The SMILES string of the molecule is CC(C)(F)[C@H](NC(=O)OCC1c2ccccc2-c2ccccc21)C(=O)O. The first-order chi connectivity index (χ1) is 12.3. The van der Waals surface area contributed by atoms with Gasteiger partial charge in [-0.2, -0.15) is 0 Å². The number of amides is 1. The van der Waals surface area contributed by atoms with Crippen molar-refractivity contribution in [2.45, 2.75) is 31.5 Å². The van der Waals surface area contributed by atoms with Gasteiger partial charge in [-0.05, 0) is 36.1 Å². The van der Waals surface area contributed by atoms with Crippen LogP contribution in [0.4, 0.5) is 9.18 Å². The Hall–Kier alpha value is -2.89. The van der Waals surface area contributed by atoms with Gasteiger partial charge in [0.1, 0.15) is 12.3 Å². The highest BCUT2D eigenvalue weighted by Gasteiger charge is 2.37. The number of carbonyl (C=O) groups is 2. The summed E-state index contributed by atoms with van der Waals surface area (Å²) >= 11 is 0. The maximum atomic E-state index is 13.9. The molecule has 0 fully saturated rings. The summed E-state index contributed by atoms with van der Waals surface area (Å²) in [5.74, 6) is -1.60. The molecule has 0 bridgehead atoms. The Morgan fingerprint density at radius 3 is 2.08 bits per heavy atom. The number of ether oxygens (including phenoxy) is 1. The van der Waals surface area contributed by atoms with Crippen molar-refractivity contribution < 1.29 is 23.8 Å². The van der Waals surface area contributed by atoms with Crippen LogP contribution in [0.3, 0.4) is 0 Å². The molecule has 1 amide bonds. The van der Waals surface area contributed by atoms with Crippen LogP contribution in [-0.2, 0) is 9.53 Å². The number of carbonyl (C=O) groups excluding carboxylic acids is 1. The van der Waals surface area contributed by atoms with Crippen LogP contribution in [0.1, 0.15) is 30.9 Å². The summed E-state index contributed by atoms with van der Waals surface area (Å²) in [4.78, 5) is 23.2. The molecular formula is C20H20FNO4. The first kappa shape index (κ1) is 17.9. The van der Waals surface area contributed by atoms with Gasteiger partial charge in [-0.15, -0.1) is 0 Å². The molecule has 0 saturated heterocycles. The lowest BCUT2D eigenvalue weighted by Gasteiger charge is -2.24. The predicted octanol–water partition coefficient (Wildman–Crippen LogP) is 3.73. The van der Waals surface area contributed by atoms with Gasteiger partial charge in [-0.1, -0.05) is 48.5 Å². The maximum Gasteiger partial charge on any atom is 0.407 e. The molecule has 1 aliphatic carbocycles. The molecule has 2 aromatic rings. The van der Waals surface area contributed by atoms with E-state index in [1.807, 2.05) is 48.5 Å². The summed E-state index contributed by atoms with van der Waals surface area (Å²) in [6, 6.07) is 14.0. The van der Waals surface area contributed by atoms with Crippen molar-refractivity contribution in [1.82, 2.24) is 5.32 Å². The zero-order valence-electron chi connectivity index (χ0n) is 14.5. The monoisotopic (exact) mass is 357 g/mol. The molecule has 0 heterocycles. The van der Waals surface area contributed by atoms with E-state index in [0.717, 1.165) is 36.1 Å². The Balaban J connectivity index is 1.74. The number of benzene rings is 2. The van der Waals surface area contributed by atoms with Crippen LogP contribution in [0.5, 0.6) is 0 Å². The second kappa shape index (κ2) is 6.78. The van der Waals surface area contributed by atoms with E-state index in [1.165, 1.54) is 0 Å². The first-order valence-electron chi connectivity index (χ1n) is 8.32. The van der Waals surface area contributed by atoms with Crippen molar-refractivity contribution >= 4 is 12.1 Å². The third-order valence-corrected chi connectivity index (χ3v) is 4.54. The molecule has 2 N–H and O–H groups in total. The largest absolute Gasteiger partial charge is 0.480 e. The maximum absolute atomic E-state index is 13.9. The molecule has 1 atom stereocenters. The lowest BCUT2D eigenvalue weighted by Crippen LogP contribution is -2.52. The van der Waals surface area contributed by atoms with Crippen molar-refractivity contribution in [2.24, 2.45) is 0 Å². The van der Waals surface area contributed by atoms with Crippen molar-refractivity contribution in [2.75, 3.05) is 6.61 Å². The smallest absolute Gasteiger partial charge is 0.407 e. The number of carboxylic acids is 1. The minimum atomic E-state index is -2.11. The molecule has 0 saturated carbocycles. The van der Waals surface area contributed by atoms with Crippen LogP contribution in [0.15, 0.2) is 48.5 Å². The van der Waals surface area contributed by atoms with Gasteiger partial charge < -0.3 is 15.2 Å². The number of alkyl halides is 1. The molecule has 0 aliphatic heterocycles. The summed E-state index contributed by atoms with van der Waals surface area (Å²) in [5, 5.41) is 11.2. The van der Waals surface area contributed by atoms with E-state index in [1.54, 1.807) is 0 Å². The van der Waals surface area contributed by atoms with Gasteiger partial charge in [0.05, 0.1) is 0 Å². The molecule has 0 spiro atoms. The molecule has 0 radical (unpaired) electrons. The number of halogens is 1. The average Bonchev–Trinajstić information content (AvgIpc) is 2.91. The van der Waals surface area contributed by atoms with E-state index in [0.29, 0.717) is 0 Å². The number of carboxylic acid groups (broad SMARTS) is 1. The molecule has 3 rings (SSSR count). The van der Waals surface area contributed by atoms with Crippen molar-refractivity contribution in [3.05, 3.63) is 59.7 Å². The standard InChI is InChI=1S/C20H20FNO4/c1-20(2,21)17(18(23)24)22-19(25)26-11-16-14-9-5-3-7-12(14)13-8-4-6-10-15(13)16/h3-10,16-17H,11H2,1-2H3,(H,22,25)(H,23,24)/t17-/m1/s1. The highest BCUT2D eigenvalue weighted by atomic mass is 19.1. The average molecular weight is 357 g/mol. The molecular weight excluding hydrogens is 337 g/mol. The van der Waals surface area contributed by atoms with E-state index in [2.05, 4.69) is 5.32 Å². The number of nitrogens with one attached hydrogen (secondary N) is 1. The summed E-state index contributed by atoms with van der Waals surface area (Å²) < 4.78 is 19.2. The summed E-state index contributed by atoms with van der Waals surface area (Å²) in [7, 11) is 0. The Bertz CT molecular complexity index is 798. The van der Waals surface area contributed by atoms with Gasteiger partial charge in [0, 0.05) is 5.92 Å². The molecule has 136 valence electrons. The fourth-order valence-corrected chi connectivity index (χ4v) is 3.28. The Morgan fingerprint density at radius 2 is 1.62 bits per heavy atom. The van der Waals surface area contributed by atoms with E-state index in [9.17, 15) is 14.0 Å². The number of fused-ring (bicyclic) bond motifs is 3. The van der Waals surface area contributed by atoms with Crippen LogP contribution < -0.4 is 5.32 Å². The zero-order chi connectivity index (χ0) is 18.9. The minimum Gasteiger partial charge on any atom is -0.480 e. The lowest BCUT2D eigenvalue weighted by atomic mass is 9.98. The van der Waals surface area contributed by atoms with E-state index < -0.39 is 23.8 Å². The number of rotatable bonds is 5. The van der Waals surface area contributed by atoms with Crippen molar-refractivity contribution in [1.29, 1.82) is 0 Å². The molecule has 5 nitrogen and oxygen atoms in total. The molecule has 2 aromatic carbocycles. The number of aliphatic carboxylic acids is 1. The Morgan fingerprint density at radius 1 is 1.12 bits per heavy atom. The Kier molecular flexibility index (Phi) is 4.68. The highest BCUT2D eigenvalue weighted by Crippen LogP contribution is 2.44. The molecule has 26 heavy (non-hydrogen) atoms. The fourth-order valence-electron chi connectivity index (χ4n) is 3.28. The van der Waals surface area contributed by atoms with Crippen molar-refractivity contribution in [3.63, 3.8) is 0 Å². The quantitative estimate of drug-likeness (QED) is 0.855. The van der Waals surface area contributed by atoms with Gasteiger partial charge in [0.15, 0.2) is 6.04 Å². The first-order valence-corrected chi connectivity index (χ1v) is 8.32. The highest BCUT2D eigenvalue weighted by molar-refractivity contribution is 5.82. The van der Waals surface area contributed by atoms with E-state index in [4.69, 9.17) is 9.84 Å². The Labute approximate surface area is 150 Å². The summed E-state index contributed by atoms with van der Waals surface area (Å²) in [6.45, 7) is 2.23. The van der Waals surface area contributed by atoms with Crippen LogP contribution in [0.25, 0.3) is 11.1 Å². The van der Waals surface area contributed by atoms with Gasteiger partial charge in [0.2, 0.25) is 0 Å². The second-order valence-electron chi connectivity index (χ2n) is 6.81. The normalized spacial score (nSPS) is 14.3.